The van der Waals surface area contributed by atoms with Crippen molar-refractivity contribution in [1.29, 1.82) is 0 Å². The fourth-order valence-electron chi connectivity index (χ4n) is 1.92. The zero-order valence-corrected chi connectivity index (χ0v) is 14.3. The summed E-state index contributed by atoms with van der Waals surface area (Å²) in [6.45, 7) is 14.2. The predicted octanol–water partition coefficient (Wildman–Crippen LogP) is 4.06. The summed E-state index contributed by atoms with van der Waals surface area (Å²) in [5.41, 5.74) is -0.470. The second-order valence-corrected chi connectivity index (χ2v) is 6.28. The molecule has 0 aromatic heterocycles. The zero-order valence-electron chi connectivity index (χ0n) is 14.3. The monoisotopic (exact) mass is 281 g/mol. The molecule has 0 aromatic carbocycles. The molecule has 0 bridgehead atoms. The summed E-state index contributed by atoms with van der Waals surface area (Å²) >= 11 is 0. The van der Waals surface area contributed by atoms with Crippen molar-refractivity contribution in [3.05, 3.63) is 24.0 Å². The topological polar surface area (TPSA) is 38.3 Å². The van der Waals surface area contributed by atoms with Crippen molar-refractivity contribution < 1.29 is 9.53 Å². The minimum absolute atomic E-state index is 0.0398. The van der Waals surface area contributed by atoms with E-state index in [0.29, 0.717) is 0 Å². The SMILES string of the molecule is CC.COC1=CC=CCC1(C)NC(=O)C(C)C(C)(C)C. The van der Waals surface area contributed by atoms with E-state index in [4.69, 9.17) is 4.74 Å². The van der Waals surface area contributed by atoms with Crippen LogP contribution in [-0.4, -0.2) is 18.6 Å². The van der Waals surface area contributed by atoms with Gasteiger partial charge in [-0.25, -0.2) is 0 Å². The number of ether oxygens (including phenoxy) is 1. The molecule has 3 nitrogen and oxygen atoms in total. The minimum atomic E-state index is -0.430. The normalized spacial score (nSPS) is 23.1. The van der Waals surface area contributed by atoms with Gasteiger partial charge in [-0.15, -0.1) is 0 Å². The molecule has 1 rings (SSSR count). The van der Waals surface area contributed by atoms with E-state index >= 15 is 0 Å². The van der Waals surface area contributed by atoms with Crippen LogP contribution in [-0.2, 0) is 9.53 Å². The molecule has 0 radical (unpaired) electrons. The molecule has 116 valence electrons. The van der Waals surface area contributed by atoms with Gasteiger partial charge < -0.3 is 10.1 Å². The molecule has 0 aromatic rings. The lowest BCUT2D eigenvalue weighted by atomic mass is 9.80. The van der Waals surface area contributed by atoms with Crippen LogP contribution in [0.5, 0.6) is 0 Å². The average molecular weight is 281 g/mol. The first-order chi connectivity index (χ1) is 9.20. The second-order valence-electron chi connectivity index (χ2n) is 6.28. The standard InChI is InChI=1S/C15H25NO2.C2H6/c1-11(14(2,3)4)13(17)16-15(5)10-8-7-9-12(15)18-6;1-2/h7-9,11H,10H2,1-6H3,(H,16,17);1-2H3. The molecule has 1 N–H and O–H groups in total. The maximum Gasteiger partial charge on any atom is 0.224 e. The quantitative estimate of drug-likeness (QED) is 0.847. The van der Waals surface area contributed by atoms with Gasteiger partial charge >= 0.3 is 0 Å². The van der Waals surface area contributed by atoms with E-state index in [-0.39, 0.29) is 17.2 Å². The van der Waals surface area contributed by atoms with Gasteiger partial charge in [-0.1, -0.05) is 53.7 Å². The molecule has 1 aliphatic rings. The fourth-order valence-corrected chi connectivity index (χ4v) is 1.92. The van der Waals surface area contributed by atoms with E-state index in [1.54, 1.807) is 7.11 Å². The lowest BCUT2D eigenvalue weighted by Crippen LogP contribution is -2.51. The molecular weight excluding hydrogens is 250 g/mol. The van der Waals surface area contributed by atoms with Crippen LogP contribution in [0.4, 0.5) is 0 Å². The average Bonchev–Trinajstić information content (AvgIpc) is 2.39. The Bertz CT molecular complexity index is 377. The van der Waals surface area contributed by atoms with Crippen molar-refractivity contribution in [1.82, 2.24) is 5.32 Å². The molecule has 1 aliphatic carbocycles. The van der Waals surface area contributed by atoms with Crippen molar-refractivity contribution in [3.63, 3.8) is 0 Å². The molecular formula is C17H31NO2. The summed E-state index contributed by atoms with van der Waals surface area (Å²) in [5, 5.41) is 3.12. The van der Waals surface area contributed by atoms with Crippen LogP contribution in [0.15, 0.2) is 24.0 Å². The van der Waals surface area contributed by atoms with E-state index in [1.165, 1.54) is 0 Å². The summed E-state index contributed by atoms with van der Waals surface area (Å²) in [6, 6.07) is 0. The summed E-state index contributed by atoms with van der Waals surface area (Å²) in [4.78, 5) is 12.3. The highest BCUT2D eigenvalue weighted by molar-refractivity contribution is 5.80. The van der Waals surface area contributed by atoms with Crippen molar-refractivity contribution in [3.8, 4) is 0 Å². The van der Waals surface area contributed by atoms with Crippen molar-refractivity contribution >= 4 is 5.91 Å². The first-order valence-electron chi connectivity index (χ1n) is 7.44. The molecule has 0 saturated carbocycles. The Morgan fingerprint density at radius 1 is 1.40 bits per heavy atom. The van der Waals surface area contributed by atoms with Gasteiger partial charge in [0.15, 0.2) is 0 Å². The van der Waals surface area contributed by atoms with Gasteiger partial charge in [-0.05, 0) is 24.8 Å². The van der Waals surface area contributed by atoms with Gasteiger partial charge in [0.25, 0.3) is 0 Å². The van der Waals surface area contributed by atoms with E-state index < -0.39 is 5.54 Å². The van der Waals surface area contributed by atoms with Gasteiger partial charge in [0.2, 0.25) is 5.91 Å². The second kappa shape index (κ2) is 7.51. The molecule has 20 heavy (non-hydrogen) atoms. The molecule has 0 spiro atoms. The van der Waals surface area contributed by atoms with Crippen molar-refractivity contribution in [2.75, 3.05) is 7.11 Å². The summed E-state index contributed by atoms with van der Waals surface area (Å²) in [7, 11) is 1.64. The number of carbonyl (C=O) groups is 1. The Morgan fingerprint density at radius 2 is 1.95 bits per heavy atom. The number of hydrogen-bond acceptors (Lipinski definition) is 2. The molecule has 3 heteroatoms. The smallest absolute Gasteiger partial charge is 0.224 e. The Kier molecular flexibility index (Phi) is 7.04. The van der Waals surface area contributed by atoms with Gasteiger partial charge in [-0.3, -0.25) is 4.79 Å². The third-order valence-corrected chi connectivity index (χ3v) is 3.76. The van der Waals surface area contributed by atoms with Crippen LogP contribution in [0.25, 0.3) is 0 Å². The summed E-state index contributed by atoms with van der Waals surface area (Å²) in [6.07, 6.45) is 6.67. The van der Waals surface area contributed by atoms with Gasteiger partial charge in [0.1, 0.15) is 5.76 Å². The number of nitrogens with one attached hydrogen (secondary N) is 1. The van der Waals surface area contributed by atoms with Crippen molar-refractivity contribution in [2.45, 2.75) is 60.4 Å². The largest absolute Gasteiger partial charge is 0.499 e. The van der Waals surface area contributed by atoms with Crippen LogP contribution in [0, 0.1) is 11.3 Å². The Hall–Kier alpha value is -1.25. The lowest BCUT2D eigenvalue weighted by Gasteiger charge is -2.36. The Balaban J connectivity index is 0.00000172. The van der Waals surface area contributed by atoms with E-state index in [2.05, 4.69) is 26.1 Å². The summed E-state index contributed by atoms with van der Waals surface area (Å²) < 4.78 is 5.37. The third-order valence-electron chi connectivity index (χ3n) is 3.76. The predicted molar refractivity (Wildman–Crippen MR) is 85.4 cm³/mol. The van der Waals surface area contributed by atoms with Crippen molar-refractivity contribution in [2.24, 2.45) is 11.3 Å². The molecule has 0 fully saturated rings. The molecule has 0 heterocycles. The van der Waals surface area contributed by atoms with Crippen LogP contribution in [0.3, 0.4) is 0 Å². The molecule has 1 amide bonds. The zero-order chi connectivity index (χ0) is 16.0. The number of rotatable bonds is 3. The number of carbonyl (C=O) groups excluding carboxylic acids is 1. The molecule has 2 unspecified atom stereocenters. The maximum atomic E-state index is 12.3. The number of hydrogen-bond donors (Lipinski definition) is 1. The van der Waals surface area contributed by atoms with E-state index in [1.807, 2.05) is 45.9 Å². The maximum absolute atomic E-state index is 12.3. The Labute approximate surface area is 124 Å². The first kappa shape index (κ1) is 18.8. The fraction of sp³-hybridized carbons (Fsp3) is 0.706. The molecule has 0 saturated heterocycles. The van der Waals surface area contributed by atoms with Gasteiger partial charge in [0.05, 0.1) is 12.6 Å². The van der Waals surface area contributed by atoms with E-state index in [0.717, 1.165) is 12.2 Å². The van der Waals surface area contributed by atoms with Crippen LogP contribution < -0.4 is 5.32 Å². The highest BCUT2D eigenvalue weighted by Crippen LogP contribution is 2.29. The summed E-state index contributed by atoms with van der Waals surface area (Å²) in [5.74, 6) is 0.834. The highest BCUT2D eigenvalue weighted by atomic mass is 16.5. The minimum Gasteiger partial charge on any atom is -0.499 e. The highest BCUT2D eigenvalue weighted by Gasteiger charge is 2.36. The van der Waals surface area contributed by atoms with Crippen LogP contribution in [0.1, 0.15) is 54.9 Å². The number of methoxy groups -OCH3 is 1. The number of allylic oxidation sites excluding steroid dienone is 2. The van der Waals surface area contributed by atoms with E-state index in [9.17, 15) is 4.79 Å². The Morgan fingerprint density at radius 3 is 2.40 bits per heavy atom. The third kappa shape index (κ3) is 4.69. The first-order valence-corrected chi connectivity index (χ1v) is 7.44. The van der Waals surface area contributed by atoms with Gasteiger partial charge in [0, 0.05) is 5.92 Å². The number of amides is 1. The van der Waals surface area contributed by atoms with Crippen LogP contribution >= 0.6 is 0 Å². The van der Waals surface area contributed by atoms with Crippen LogP contribution in [0.2, 0.25) is 0 Å². The molecule has 0 aliphatic heterocycles. The molecule has 2 atom stereocenters. The lowest BCUT2D eigenvalue weighted by molar-refractivity contribution is -0.129. The van der Waals surface area contributed by atoms with Gasteiger partial charge in [-0.2, -0.15) is 0 Å².